The number of imide groups is 1. The van der Waals surface area contributed by atoms with Gasteiger partial charge in [0.15, 0.2) is 0 Å². The Balaban J connectivity index is 2.00. The molecule has 1 aliphatic heterocycles. The van der Waals surface area contributed by atoms with E-state index in [2.05, 4.69) is 26.6 Å². The Bertz CT molecular complexity index is 618. The predicted octanol–water partition coefficient (Wildman–Crippen LogP) is 2.42. The van der Waals surface area contributed by atoms with E-state index >= 15 is 0 Å². The zero-order valence-electron chi connectivity index (χ0n) is 12.5. The molecule has 1 aliphatic rings. The van der Waals surface area contributed by atoms with Crippen molar-refractivity contribution in [2.75, 3.05) is 11.9 Å². The lowest BCUT2D eigenvalue weighted by molar-refractivity contribution is -0.130. The second-order valence-corrected chi connectivity index (χ2v) is 6.14. The van der Waals surface area contributed by atoms with E-state index < -0.39 is 18.0 Å². The quantitative estimate of drug-likeness (QED) is 0.784. The van der Waals surface area contributed by atoms with Crippen LogP contribution in [0.1, 0.15) is 25.3 Å². The molecule has 1 fully saturated rings. The molecule has 1 aromatic rings. The van der Waals surface area contributed by atoms with Crippen LogP contribution in [0.25, 0.3) is 0 Å². The number of benzene rings is 1. The largest absolute Gasteiger partial charge is 0.326 e. The fourth-order valence-electron chi connectivity index (χ4n) is 2.31. The number of rotatable bonds is 5. The van der Waals surface area contributed by atoms with Crippen molar-refractivity contribution in [3.05, 3.63) is 28.2 Å². The number of aryl methyl sites for hydroxylation is 1. The van der Waals surface area contributed by atoms with E-state index in [9.17, 15) is 14.4 Å². The molecule has 0 aliphatic carbocycles. The Hall–Kier alpha value is -1.89. The zero-order chi connectivity index (χ0) is 16.3. The number of nitrogens with zero attached hydrogens (tertiary/aromatic N) is 1. The molecule has 2 N–H and O–H groups in total. The van der Waals surface area contributed by atoms with E-state index in [1.54, 1.807) is 6.07 Å². The van der Waals surface area contributed by atoms with E-state index in [1.807, 2.05) is 26.0 Å². The molecule has 1 saturated heterocycles. The summed E-state index contributed by atoms with van der Waals surface area (Å²) < 4.78 is 0.916. The monoisotopic (exact) mass is 367 g/mol. The lowest BCUT2D eigenvalue weighted by Gasteiger charge is -2.14. The molecule has 1 atom stereocenters. The van der Waals surface area contributed by atoms with Crippen LogP contribution in [0, 0.1) is 6.92 Å². The molecular weight excluding hydrogens is 350 g/mol. The van der Waals surface area contributed by atoms with Gasteiger partial charge in [-0.2, -0.15) is 0 Å². The first-order chi connectivity index (χ1) is 10.4. The van der Waals surface area contributed by atoms with Gasteiger partial charge in [0.25, 0.3) is 5.91 Å². The number of urea groups is 1. The molecule has 4 amide bonds. The average Bonchev–Trinajstić information content (AvgIpc) is 2.70. The van der Waals surface area contributed by atoms with Crippen molar-refractivity contribution in [3.63, 3.8) is 0 Å². The minimum atomic E-state index is -0.514. The number of carbonyl (C=O) groups is 3. The van der Waals surface area contributed by atoms with Crippen molar-refractivity contribution in [1.82, 2.24) is 10.2 Å². The molecule has 0 spiro atoms. The third-order valence-corrected chi connectivity index (χ3v) is 3.94. The highest BCUT2D eigenvalue weighted by Gasteiger charge is 2.38. The smallest absolute Gasteiger partial charge is 0.325 e. The van der Waals surface area contributed by atoms with Crippen LogP contribution in [0.4, 0.5) is 10.5 Å². The summed E-state index contributed by atoms with van der Waals surface area (Å²) in [5.74, 6) is -0.736. The molecule has 1 heterocycles. The highest BCUT2D eigenvalue weighted by Crippen LogP contribution is 2.20. The number of amides is 4. The maximum absolute atomic E-state index is 12.1. The van der Waals surface area contributed by atoms with Gasteiger partial charge in [-0.1, -0.05) is 29.3 Å². The van der Waals surface area contributed by atoms with E-state index in [0.29, 0.717) is 12.1 Å². The summed E-state index contributed by atoms with van der Waals surface area (Å²) in [6.45, 7) is 3.52. The van der Waals surface area contributed by atoms with Gasteiger partial charge >= 0.3 is 6.03 Å². The van der Waals surface area contributed by atoms with Gasteiger partial charge in [0, 0.05) is 10.2 Å². The van der Waals surface area contributed by atoms with Crippen LogP contribution >= 0.6 is 15.9 Å². The van der Waals surface area contributed by atoms with E-state index in [0.717, 1.165) is 21.4 Å². The van der Waals surface area contributed by atoms with Crippen molar-refractivity contribution >= 4 is 39.5 Å². The molecule has 1 aromatic carbocycles. The van der Waals surface area contributed by atoms with Gasteiger partial charge in [0.1, 0.15) is 12.6 Å². The van der Waals surface area contributed by atoms with Crippen LogP contribution in [0.3, 0.4) is 0 Å². The topological polar surface area (TPSA) is 78.5 Å². The molecule has 0 unspecified atom stereocenters. The molecule has 0 aromatic heterocycles. The van der Waals surface area contributed by atoms with Gasteiger partial charge in [0.05, 0.1) is 0 Å². The Morgan fingerprint density at radius 1 is 1.41 bits per heavy atom. The molecular formula is C15H18BrN3O3. The Morgan fingerprint density at radius 3 is 2.77 bits per heavy atom. The van der Waals surface area contributed by atoms with Crippen LogP contribution in [0.2, 0.25) is 0 Å². The fourth-order valence-corrected chi connectivity index (χ4v) is 2.79. The SMILES string of the molecule is CCC[C@H]1NC(=O)N(CC(=O)Nc2ccc(Br)cc2C)C1=O. The summed E-state index contributed by atoms with van der Waals surface area (Å²) in [7, 11) is 0. The van der Waals surface area contributed by atoms with Gasteiger partial charge in [-0.05, 0) is 37.1 Å². The molecule has 2 rings (SSSR count). The first-order valence-corrected chi connectivity index (χ1v) is 7.89. The summed E-state index contributed by atoms with van der Waals surface area (Å²) >= 11 is 3.35. The first kappa shape index (κ1) is 16.5. The molecule has 22 heavy (non-hydrogen) atoms. The zero-order valence-corrected chi connectivity index (χ0v) is 14.1. The van der Waals surface area contributed by atoms with Crippen LogP contribution in [-0.2, 0) is 9.59 Å². The number of halogens is 1. The van der Waals surface area contributed by atoms with Crippen molar-refractivity contribution in [2.24, 2.45) is 0 Å². The Morgan fingerprint density at radius 2 is 2.14 bits per heavy atom. The van der Waals surface area contributed by atoms with Crippen LogP contribution in [0.15, 0.2) is 22.7 Å². The second kappa shape index (κ2) is 6.91. The number of anilines is 1. The van der Waals surface area contributed by atoms with Gasteiger partial charge in [-0.3, -0.25) is 14.5 Å². The summed E-state index contributed by atoms with van der Waals surface area (Å²) in [5.41, 5.74) is 1.55. The van der Waals surface area contributed by atoms with E-state index in [-0.39, 0.29) is 12.5 Å². The number of nitrogens with one attached hydrogen (secondary N) is 2. The van der Waals surface area contributed by atoms with Crippen LogP contribution in [-0.4, -0.2) is 35.3 Å². The lowest BCUT2D eigenvalue weighted by Crippen LogP contribution is -2.38. The standard InChI is InChI=1S/C15H18BrN3O3/c1-3-4-12-14(21)19(15(22)18-12)8-13(20)17-11-6-5-10(16)7-9(11)2/h5-7,12H,3-4,8H2,1-2H3,(H,17,20)(H,18,22)/t12-/m1/s1. The maximum Gasteiger partial charge on any atom is 0.325 e. The van der Waals surface area contributed by atoms with E-state index in [4.69, 9.17) is 0 Å². The third-order valence-electron chi connectivity index (χ3n) is 3.45. The molecule has 7 heteroatoms. The van der Waals surface area contributed by atoms with Gasteiger partial charge in [-0.15, -0.1) is 0 Å². The molecule has 0 saturated carbocycles. The number of hydrogen-bond acceptors (Lipinski definition) is 3. The van der Waals surface area contributed by atoms with Crippen LogP contribution < -0.4 is 10.6 Å². The van der Waals surface area contributed by atoms with Gasteiger partial charge in [0.2, 0.25) is 5.91 Å². The molecule has 0 radical (unpaired) electrons. The molecule has 0 bridgehead atoms. The minimum absolute atomic E-state index is 0.277. The third kappa shape index (κ3) is 3.65. The van der Waals surface area contributed by atoms with Crippen LogP contribution in [0.5, 0.6) is 0 Å². The van der Waals surface area contributed by atoms with Crippen molar-refractivity contribution in [2.45, 2.75) is 32.7 Å². The van der Waals surface area contributed by atoms with Gasteiger partial charge in [-0.25, -0.2) is 4.79 Å². The predicted molar refractivity (Wildman–Crippen MR) is 86.4 cm³/mol. The van der Waals surface area contributed by atoms with Crippen molar-refractivity contribution < 1.29 is 14.4 Å². The molecule has 118 valence electrons. The van der Waals surface area contributed by atoms with E-state index in [1.165, 1.54) is 0 Å². The highest BCUT2D eigenvalue weighted by molar-refractivity contribution is 9.10. The normalized spacial score (nSPS) is 17.6. The number of hydrogen-bond donors (Lipinski definition) is 2. The highest BCUT2D eigenvalue weighted by atomic mass is 79.9. The fraction of sp³-hybridized carbons (Fsp3) is 0.400. The Kier molecular flexibility index (Phi) is 5.18. The van der Waals surface area contributed by atoms with Gasteiger partial charge < -0.3 is 10.6 Å². The summed E-state index contributed by atoms with van der Waals surface area (Å²) in [6.07, 6.45) is 1.36. The van der Waals surface area contributed by atoms with Crippen molar-refractivity contribution in [3.8, 4) is 0 Å². The second-order valence-electron chi connectivity index (χ2n) is 5.22. The maximum atomic E-state index is 12.1. The summed E-state index contributed by atoms with van der Waals surface area (Å²) in [6, 6.07) is 4.43. The lowest BCUT2D eigenvalue weighted by atomic mass is 10.1. The first-order valence-electron chi connectivity index (χ1n) is 7.10. The minimum Gasteiger partial charge on any atom is -0.326 e. The summed E-state index contributed by atoms with van der Waals surface area (Å²) in [4.78, 5) is 36.9. The number of carbonyl (C=O) groups excluding carboxylic acids is 3. The Labute approximate surface area is 137 Å². The summed E-state index contributed by atoms with van der Waals surface area (Å²) in [5, 5.41) is 5.31. The molecule has 6 nitrogen and oxygen atoms in total. The average molecular weight is 368 g/mol. The van der Waals surface area contributed by atoms with Crippen molar-refractivity contribution in [1.29, 1.82) is 0 Å².